The quantitative estimate of drug-likeness (QED) is 0.884. The summed E-state index contributed by atoms with van der Waals surface area (Å²) in [5.41, 5.74) is 7.57. The second-order valence-corrected chi connectivity index (χ2v) is 4.81. The Morgan fingerprint density at radius 1 is 1.11 bits per heavy atom. The van der Waals surface area contributed by atoms with Crippen LogP contribution in [0.3, 0.4) is 0 Å². The number of benzene rings is 2. The maximum Gasteiger partial charge on any atom is 0.126 e. The number of nitrogens with two attached hydrogens (primary N) is 1. The summed E-state index contributed by atoms with van der Waals surface area (Å²) in [6, 6.07) is 12.5. The fourth-order valence-corrected chi connectivity index (χ4v) is 2.32. The molecule has 0 aliphatic heterocycles. The van der Waals surface area contributed by atoms with Gasteiger partial charge < -0.3 is 10.5 Å². The van der Waals surface area contributed by atoms with Crippen LogP contribution in [0.15, 0.2) is 36.4 Å². The highest BCUT2D eigenvalue weighted by Crippen LogP contribution is 2.33. The SMILES string of the molecule is CCC(C)[C@@H](N)c1ccc(OC)c2ccccc12. The first-order valence-electron chi connectivity index (χ1n) is 6.50. The van der Waals surface area contributed by atoms with Crippen molar-refractivity contribution < 1.29 is 4.74 Å². The van der Waals surface area contributed by atoms with Crippen molar-refractivity contribution in [2.75, 3.05) is 7.11 Å². The lowest BCUT2D eigenvalue weighted by atomic mass is 9.90. The Balaban J connectivity index is 2.59. The van der Waals surface area contributed by atoms with E-state index in [1.54, 1.807) is 7.11 Å². The average Bonchev–Trinajstić information content (AvgIpc) is 2.44. The van der Waals surface area contributed by atoms with Gasteiger partial charge in [0.25, 0.3) is 0 Å². The van der Waals surface area contributed by atoms with E-state index in [1.165, 1.54) is 10.9 Å². The molecule has 2 N–H and O–H groups in total. The molecule has 0 bridgehead atoms. The minimum atomic E-state index is 0.0748. The molecule has 96 valence electrons. The number of methoxy groups -OCH3 is 1. The summed E-state index contributed by atoms with van der Waals surface area (Å²) < 4.78 is 5.41. The van der Waals surface area contributed by atoms with Gasteiger partial charge >= 0.3 is 0 Å². The molecule has 0 radical (unpaired) electrons. The summed E-state index contributed by atoms with van der Waals surface area (Å²) in [5.74, 6) is 1.38. The van der Waals surface area contributed by atoms with Crippen molar-refractivity contribution in [2.24, 2.45) is 11.7 Å². The molecule has 2 atom stereocenters. The van der Waals surface area contributed by atoms with E-state index in [1.807, 2.05) is 12.1 Å². The average molecular weight is 243 g/mol. The highest BCUT2D eigenvalue weighted by Gasteiger charge is 2.16. The molecule has 0 fully saturated rings. The normalized spacial score (nSPS) is 14.4. The van der Waals surface area contributed by atoms with E-state index in [-0.39, 0.29) is 6.04 Å². The van der Waals surface area contributed by atoms with Gasteiger partial charge in [0, 0.05) is 11.4 Å². The Morgan fingerprint density at radius 2 is 1.78 bits per heavy atom. The van der Waals surface area contributed by atoms with Crippen LogP contribution in [-0.2, 0) is 0 Å². The summed E-state index contributed by atoms with van der Waals surface area (Å²) in [4.78, 5) is 0. The van der Waals surface area contributed by atoms with Crippen LogP contribution in [0.4, 0.5) is 0 Å². The van der Waals surface area contributed by atoms with Gasteiger partial charge in [-0.3, -0.25) is 0 Å². The number of ether oxygens (including phenoxy) is 1. The summed E-state index contributed by atoms with van der Waals surface area (Å²) in [6.07, 6.45) is 1.08. The van der Waals surface area contributed by atoms with Gasteiger partial charge in [0.05, 0.1) is 7.11 Å². The lowest BCUT2D eigenvalue weighted by Gasteiger charge is -2.21. The molecule has 2 rings (SSSR count). The molecule has 1 unspecified atom stereocenters. The van der Waals surface area contributed by atoms with Crippen LogP contribution < -0.4 is 10.5 Å². The summed E-state index contributed by atoms with van der Waals surface area (Å²) in [5, 5.41) is 2.33. The Labute approximate surface area is 109 Å². The van der Waals surface area contributed by atoms with E-state index in [0.29, 0.717) is 5.92 Å². The van der Waals surface area contributed by atoms with Crippen LogP contribution in [0.25, 0.3) is 10.8 Å². The molecule has 0 aliphatic carbocycles. The maximum absolute atomic E-state index is 6.37. The maximum atomic E-state index is 6.37. The molecule has 0 saturated heterocycles. The van der Waals surface area contributed by atoms with Crippen LogP contribution in [0, 0.1) is 5.92 Å². The molecule has 0 aromatic heterocycles. The summed E-state index contributed by atoms with van der Waals surface area (Å²) in [7, 11) is 1.70. The highest BCUT2D eigenvalue weighted by molar-refractivity contribution is 5.91. The highest BCUT2D eigenvalue weighted by atomic mass is 16.5. The van der Waals surface area contributed by atoms with Crippen LogP contribution in [0.5, 0.6) is 5.75 Å². The largest absolute Gasteiger partial charge is 0.496 e. The molecular formula is C16H21NO. The summed E-state index contributed by atoms with van der Waals surface area (Å²) in [6.45, 7) is 4.37. The minimum Gasteiger partial charge on any atom is -0.496 e. The monoisotopic (exact) mass is 243 g/mol. The van der Waals surface area contributed by atoms with Crippen LogP contribution in [0.1, 0.15) is 31.9 Å². The van der Waals surface area contributed by atoms with E-state index >= 15 is 0 Å². The third-order valence-electron chi connectivity index (χ3n) is 3.75. The van der Waals surface area contributed by atoms with Crippen molar-refractivity contribution in [1.29, 1.82) is 0 Å². The molecule has 2 nitrogen and oxygen atoms in total. The first-order valence-corrected chi connectivity index (χ1v) is 6.50. The molecular weight excluding hydrogens is 222 g/mol. The Bertz CT molecular complexity index is 536. The zero-order valence-electron chi connectivity index (χ0n) is 11.3. The Hall–Kier alpha value is -1.54. The van der Waals surface area contributed by atoms with Gasteiger partial charge in [-0.05, 0) is 22.9 Å². The molecule has 2 aromatic carbocycles. The summed E-state index contributed by atoms with van der Waals surface area (Å²) >= 11 is 0. The standard InChI is InChI=1S/C16H21NO/c1-4-11(2)16(17)14-9-10-15(18-3)13-8-6-5-7-12(13)14/h5-11,16H,4,17H2,1-3H3/t11?,16-/m1/s1. The molecule has 18 heavy (non-hydrogen) atoms. The van der Waals surface area contributed by atoms with E-state index in [4.69, 9.17) is 10.5 Å². The predicted molar refractivity (Wildman–Crippen MR) is 76.9 cm³/mol. The molecule has 0 saturated carbocycles. The third-order valence-corrected chi connectivity index (χ3v) is 3.75. The number of hydrogen-bond acceptors (Lipinski definition) is 2. The molecule has 0 heterocycles. The number of rotatable bonds is 4. The predicted octanol–water partition coefficient (Wildman–Crippen LogP) is 3.89. The second-order valence-electron chi connectivity index (χ2n) is 4.81. The van der Waals surface area contributed by atoms with Crippen LogP contribution in [-0.4, -0.2) is 7.11 Å². The van der Waals surface area contributed by atoms with Crippen molar-refractivity contribution in [2.45, 2.75) is 26.3 Å². The zero-order chi connectivity index (χ0) is 13.1. The van der Waals surface area contributed by atoms with E-state index in [9.17, 15) is 0 Å². The lowest BCUT2D eigenvalue weighted by Crippen LogP contribution is -2.18. The Kier molecular flexibility index (Phi) is 3.87. The van der Waals surface area contributed by atoms with Crippen molar-refractivity contribution in [1.82, 2.24) is 0 Å². The van der Waals surface area contributed by atoms with Gasteiger partial charge in [0.2, 0.25) is 0 Å². The van der Waals surface area contributed by atoms with Crippen molar-refractivity contribution in [3.8, 4) is 5.75 Å². The zero-order valence-corrected chi connectivity index (χ0v) is 11.3. The van der Waals surface area contributed by atoms with Crippen LogP contribution in [0.2, 0.25) is 0 Å². The first kappa shape index (κ1) is 12.9. The molecule has 0 amide bonds. The van der Waals surface area contributed by atoms with Gasteiger partial charge in [0.1, 0.15) is 5.75 Å². The van der Waals surface area contributed by atoms with E-state index in [2.05, 4.69) is 38.1 Å². The van der Waals surface area contributed by atoms with Gasteiger partial charge in [-0.25, -0.2) is 0 Å². The second kappa shape index (κ2) is 5.40. The smallest absolute Gasteiger partial charge is 0.126 e. The lowest BCUT2D eigenvalue weighted by molar-refractivity contribution is 0.419. The Morgan fingerprint density at radius 3 is 2.39 bits per heavy atom. The van der Waals surface area contributed by atoms with Gasteiger partial charge in [0.15, 0.2) is 0 Å². The van der Waals surface area contributed by atoms with Gasteiger partial charge in [-0.1, -0.05) is 50.6 Å². The molecule has 2 aromatic rings. The molecule has 0 spiro atoms. The molecule has 2 heteroatoms. The topological polar surface area (TPSA) is 35.2 Å². The van der Waals surface area contributed by atoms with Crippen molar-refractivity contribution in [3.63, 3.8) is 0 Å². The van der Waals surface area contributed by atoms with E-state index in [0.717, 1.165) is 17.6 Å². The number of hydrogen-bond donors (Lipinski definition) is 1. The van der Waals surface area contributed by atoms with E-state index < -0.39 is 0 Å². The third kappa shape index (κ3) is 2.21. The first-order chi connectivity index (χ1) is 8.69. The van der Waals surface area contributed by atoms with Gasteiger partial charge in [-0.2, -0.15) is 0 Å². The fraction of sp³-hybridized carbons (Fsp3) is 0.375. The minimum absolute atomic E-state index is 0.0748. The van der Waals surface area contributed by atoms with Crippen molar-refractivity contribution in [3.05, 3.63) is 42.0 Å². The van der Waals surface area contributed by atoms with Gasteiger partial charge in [-0.15, -0.1) is 0 Å². The fourth-order valence-electron chi connectivity index (χ4n) is 2.32. The van der Waals surface area contributed by atoms with Crippen LogP contribution >= 0.6 is 0 Å². The van der Waals surface area contributed by atoms with Crippen molar-refractivity contribution >= 4 is 10.8 Å². The molecule has 0 aliphatic rings. The number of fused-ring (bicyclic) bond motifs is 1.